The molecule has 0 aliphatic rings. The molecule has 0 aliphatic carbocycles. The molecule has 2 heterocycles. The molecule has 0 spiro atoms. The van der Waals surface area contributed by atoms with Gasteiger partial charge in [0.15, 0.2) is 11.3 Å². The van der Waals surface area contributed by atoms with Gasteiger partial charge in [-0.1, -0.05) is 17.7 Å². The van der Waals surface area contributed by atoms with E-state index in [2.05, 4.69) is 45.9 Å². The van der Waals surface area contributed by atoms with E-state index in [9.17, 15) is 67.4 Å². The number of aromatic nitrogens is 2. The van der Waals surface area contributed by atoms with Gasteiger partial charge in [-0.25, -0.2) is 4.98 Å². The first-order valence-electron chi connectivity index (χ1n) is 24.8. The number of pyridine rings is 1. The van der Waals surface area contributed by atoms with Crippen LogP contribution < -0.4 is 4.74 Å². The van der Waals surface area contributed by atoms with Crippen molar-refractivity contribution in [2.75, 3.05) is 35.4 Å². The smallest absolute Gasteiger partial charge is 0.425 e. The molecule has 7 rings (SSSR count). The van der Waals surface area contributed by atoms with Crippen molar-refractivity contribution in [3.63, 3.8) is 0 Å². The van der Waals surface area contributed by atoms with Crippen molar-refractivity contribution in [3.05, 3.63) is 111 Å². The van der Waals surface area contributed by atoms with Crippen LogP contribution in [0, 0.1) is 39.0 Å². The van der Waals surface area contributed by atoms with E-state index < -0.39 is 85.7 Å². The fourth-order valence-electron chi connectivity index (χ4n) is 7.82. The maximum absolute atomic E-state index is 12.4. The third-order valence-electron chi connectivity index (χ3n) is 11.8. The minimum Gasteiger partial charge on any atom is -0.493 e. The lowest BCUT2D eigenvalue weighted by Gasteiger charge is -2.12. The van der Waals surface area contributed by atoms with Gasteiger partial charge < -0.3 is 14.9 Å². The number of benzene rings is 5. The van der Waals surface area contributed by atoms with Crippen molar-refractivity contribution in [1.29, 1.82) is 5.26 Å². The van der Waals surface area contributed by atoms with Crippen LogP contribution in [0.25, 0.3) is 16.7 Å². The van der Waals surface area contributed by atoms with Crippen LogP contribution in [0.1, 0.15) is 52.6 Å². The lowest BCUT2D eigenvalue weighted by atomic mass is 10.1. The summed E-state index contributed by atoms with van der Waals surface area (Å²) in [6.45, 7) is 5.62. The molecule has 29 nitrogen and oxygen atoms in total. The lowest BCUT2D eigenvalue weighted by Crippen LogP contribution is -2.08. The van der Waals surface area contributed by atoms with Gasteiger partial charge in [0.1, 0.15) is 33.5 Å². The maximum Gasteiger partial charge on any atom is 0.425 e. The number of rotatable bonds is 25. The summed E-state index contributed by atoms with van der Waals surface area (Å²) in [7, 11) is -20.9. The van der Waals surface area contributed by atoms with E-state index in [0.29, 0.717) is 54.3 Å². The minimum atomic E-state index is -4.93. The quantitative estimate of drug-likeness (QED) is 0.0134. The number of halogens is 1. The molecule has 0 unspecified atom stereocenters. The topological polar surface area (TPSA) is 458 Å². The molecule has 0 saturated carbocycles. The second-order valence-electron chi connectivity index (χ2n) is 18.4. The highest BCUT2D eigenvalue weighted by molar-refractivity contribution is 7.99. The van der Waals surface area contributed by atoms with E-state index in [1.807, 2.05) is 6.07 Å². The van der Waals surface area contributed by atoms with Gasteiger partial charge in [0.2, 0.25) is 5.88 Å². The van der Waals surface area contributed by atoms with Gasteiger partial charge in [0, 0.05) is 26.4 Å². The Morgan fingerprint density at radius 1 is 0.644 bits per heavy atom. The number of nitriles is 1. The van der Waals surface area contributed by atoms with Crippen LogP contribution in [-0.2, 0) is 57.7 Å². The molecule has 0 radical (unpaired) electrons. The zero-order valence-electron chi connectivity index (χ0n) is 45.7. The Hall–Kier alpha value is -7.25. The molecule has 5 aromatic carbocycles. The molecule has 2 aromatic heterocycles. The standard InChI is InChI=1S/C50H50ClN11O15S6.O3S/c1-28-17-39(58-61-47-31(4)35(26-52)49-53-48-42(62(49)50(47)64)20-32(27-63)21-46(48)83(74,75)76)43(77-11-6-14-80(65,66)67)23-36(28)56-59-40-19-30(3)38(25-45(40)79-13-8-16-82(71,72)73)57-60-41-18-29(2)37(55-54-34-10-5-9-33(51)22-34)24-44(41)78-12-7-15-81(68,69)70;1-4(2)3/h5,9-10,17-25,63-64H,6-8,11-16,27H2,1-4H3,(H,65,66,67)(H,68,69,70)(H,71,72,73)(H,74,75,76);. The second kappa shape index (κ2) is 29.6. The van der Waals surface area contributed by atoms with Crippen LogP contribution >= 0.6 is 35.1 Å². The van der Waals surface area contributed by atoms with Gasteiger partial charge in [-0.15, -0.1) is 56.6 Å². The first-order chi connectivity index (χ1) is 40.7. The Balaban J connectivity index is 0.00000293. The fourth-order valence-corrected chi connectivity index (χ4v) is 12.5. The average molecular weight is 1350 g/mol. The SMILES string of the molecule is Cc1cc(N=Nc2cc(SCCCS(=O)(=O)O)c(N=Nc3cc(OCCCS(=O)(=O)O)c(N=Nc4c(C)c(C#N)c5nc6c(S(=O)(=O)O)cc(CO)cc6n5c4O)cc3C)cc2C)c(SCCCS(=O)(=O)O)cc1N=Nc1cccc(Cl)c1.O=S(=O)=O. The Morgan fingerprint density at radius 3 is 1.62 bits per heavy atom. The fraction of sp³-hybridized carbons (Fsp3) is 0.280. The largest absolute Gasteiger partial charge is 0.493 e. The molecular weight excluding hydrogens is 1300 g/mol. The first-order valence-corrected chi connectivity index (χ1v) is 34.4. The molecule has 0 bridgehead atoms. The zero-order chi connectivity index (χ0) is 64.2. The van der Waals surface area contributed by atoms with Gasteiger partial charge >= 0.3 is 10.6 Å². The molecule has 0 atom stereocenters. The predicted octanol–water partition coefficient (Wildman–Crippen LogP) is 11.7. The lowest BCUT2D eigenvalue weighted by molar-refractivity contribution is 0.281. The summed E-state index contributed by atoms with van der Waals surface area (Å²) in [4.78, 5) is 4.58. The molecule has 0 amide bonds. The Morgan fingerprint density at radius 2 is 1.13 bits per heavy atom. The third-order valence-corrected chi connectivity index (χ3v) is 17.6. The summed E-state index contributed by atoms with van der Waals surface area (Å²) in [5, 5.41) is 67.9. The van der Waals surface area contributed by atoms with Gasteiger partial charge in [-0.05, 0) is 141 Å². The molecule has 37 heteroatoms. The van der Waals surface area contributed by atoms with Gasteiger partial charge in [-0.3, -0.25) is 22.6 Å². The molecule has 0 saturated heterocycles. The van der Waals surface area contributed by atoms with Crippen LogP contribution in [0.5, 0.6) is 11.6 Å². The number of nitrogens with zero attached hydrogens (tertiary/aromatic N) is 11. The van der Waals surface area contributed by atoms with E-state index in [0.717, 1.165) is 10.5 Å². The number of fused-ring (bicyclic) bond motifs is 3. The molecular formula is C50H50ClN11O18S7. The number of hydrogen-bond acceptors (Lipinski definition) is 26. The van der Waals surface area contributed by atoms with Crippen LogP contribution in [-0.4, -0.2) is 119 Å². The summed E-state index contributed by atoms with van der Waals surface area (Å²) < 4.78 is 165. The average Bonchev–Trinajstić information content (AvgIpc) is 1.60. The Kier molecular flexibility index (Phi) is 23.5. The van der Waals surface area contributed by atoms with E-state index in [1.54, 1.807) is 69.3 Å². The monoisotopic (exact) mass is 1350 g/mol. The number of aromatic hydroxyl groups is 1. The number of aryl methyl sites for hydroxylation is 3. The summed E-state index contributed by atoms with van der Waals surface area (Å²) in [6, 6.07) is 20.7. The number of azo groups is 4. The van der Waals surface area contributed by atoms with Crippen molar-refractivity contribution >= 4 is 148 Å². The third kappa shape index (κ3) is 19.9. The number of thioether (sulfide) groups is 2. The second-order valence-corrected chi connectivity index (χ2v) is 27.6. The molecule has 462 valence electrons. The van der Waals surface area contributed by atoms with Crippen molar-refractivity contribution in [2.45, 2.75) is 68.3 Å². The van der Waals surface area contributed by atoms with Gasteiger partial charge in [0.25, 0.3) is 40.5 Å². The van der Waals surface area contributed by atoms with Crippen LogP contribution in [0.2, 0.25) is 5.02 Å². The maximum atomic E-state index is 12.4. The Labute approximate surface area is 512 Å². The molecule has 6 N–H and O–H groups in total. The van der Waals surface area contributed by atoms with Crippen LogP contribution in [0.3, 0.4) is 0 Å². The molecule has 0 fully saturated rings. The van der Waals surface area contributed by atoms with Crippen LogP contribution in [0.15, 0.2) is 128 Å². The number of ether oxygens (including phenoxy) is 1. The highest BCUT2D eigenvalue weighted by Gasteiger charge is 2.26. The van der Waals surface area contributed by atoms with Crippen molar-refractivity contribution in [2.24, 2.45) is 40.9 Å². The van der Waals surface area contributed by atoms with Gasteiger partial charge in [0.05, 0.1) is 70.1 Å². The van der Waals surface area contributed by atoms with E-state index in [1.165, 1.54) is 48.6 Å². The van der Waals surface area contributed by atoms with Crippen molar-refractivity contribution in [1.82, 2.24) is 9.38 Å². The van der Waals surface area contributed by atoms with Crippen LogP contribution in [0.4, 0.5) is 45.5 Å². The number of hydrogen-bond donors (Lipinski definition) is 6. The Bertz CT molecular complexity index is 4580. The molecule has 7 aromatic rings. The number of aliphatic hydroxyl groups excluding tert-OH is 1. The highest BCUT2D eigenvalue weighted by Crippen LogP contribution is 2.44. The summed E-state index contributed by atoms with van der Waals surface area (Å²) in [5.41, 5.74) is 2.81. The highest BCUT2D eigenvalue weighted by atomic mass is 35.5. The zero-order valence-corrected chi connectivity index (χ0v) is 52.2. The summed E-state index contributed by atoms with van der Waals surface area (Å²) >= 11 is 8.57. The van der Waals surface area contributed by atoms with E-state index in [-0.39, 0.29) is 99.2 Å². The number of imidazole rings is 1. The number of aliphatic hydroxyl groups is 1. The van der Waals surface area contributed by atoms with Crippen molar-refractivity contribution in [3.8, 4) is 17.7 Å². The first kappa shape index (κ1) is 68.9. The predicted molar refractivity (Wildman–Crippen MR) is 321 cm³/mol. The molecule has 0 aliphatic heterocycles. The summed E-state index contributed by atoms with van der Waals surface area (Å²) in [5.74, 6) is -1.91. The molecule has 87 heavy (non-hydrogen) atoms. The van der Waals surface area contributed by atoms with Crippen molar-refractivity contribution < 1.29 is 79.5 Å². The van der Waals surface area contributed by atoms with E-state index >= 15 is 0 Å². The van der Waals surface area contributed by atoms with E-state index in [4.69, 9.17) is 29.0 Å². The normalized spacial score (nSPS) is 12.5. The minimum absolute atomic E-state index is 0.00972. The van der Waals surface area contributed by atoms with Gasteiger partial charge in [-0.2, -0.15) is 59.4 Å². The summed E-state index contributed by atoms with van der Waals surface area (Å²) in [6.07, 6.45) is -0.0306.